The first-order chi connectivity index (χ1) is 15.2. The van der Waals surface area contributed by atoms with Gasteiger partial charge in [0.15, 0.2) is 0 Å². The number of rotatable bonds is 10. The molecule has 0 spiro atoms. The van der Waals surface area contributed by atoms with Crippen molar-refractivity contribution in [2.45, 2.75) is 31.4 Å². The molecule has 1 unspecified atom stereocenters. The monoisotopic (exact) mass is 465 g/mol. The Morgan fingerprint density at radius 3 is 2.69 bits per heavy atom. The summed E-state index contributed by atoms with van der Waals surface area (Å²) in [6.07, 6.45) is 3.80. The van der Waals surface area contributed by atoms with Gasteiger partial charge in [0.2, 0.25) is 0 Å². The number of carbonyl (C=O) groups excluding carboxylic acids is 1. The molecule has 3 rings (SSSR count). The van der Waals surface area contributed by atoms with Crippen molar-refractivity contribution in [3.63, 3.8) is 0 Å². The van der Waals surface area contributed by atoms with Gasteiger partial charge in [0.05, 0.1) is 17.4 Å². The van der Waals surface area contributed by atoms with Crippen LogP contribution in [0.5, 0.6) is 5.75 Å². The Morgan fingerprint density at radius 2 is 2.06 bits per heavy atom. The standard InChI is InChI=1S/C21H22ClF2N5O3/c1-2-15(30)7-9-25-19-17(18-8-10-27-29-18)11-13(12-26-19)20(31)28-14-3-5-16(6-4-14)32-21(22,23)24/h3-6,8,10-12,15,30H,2,7,9H2,1H3,(H,25,26)(H,27,29)(H,28,31). The first-order valence-electron chi connectivity index (χ1n) is 9.84. The van der Waals surface area contributed by atoms with E-state index in [1.807, 2.05) is 6.92 Å². The van der Waals surface area contributed by atoms with Gasteiger partial charge in [-0.15, -0.1) is 8.78 Å². The van der Waals surface area contributed by atoms with Crippen LogP contribution in [-0.2, 0) is 0 Å². The quantitative estimate of drug-likeness (QED) is 0.329. The highest BCUT2D eigenvalue weighted by molar-refractivity contribution is 6.20. The number of alkyl halides is 3. The summed E-state index contributed by atoms with van der Waals surface area (Å²) in [5.41, 5.74) is -1.87. The number of anilines is 2. The van der Waals surface area contributed by atoms with Crippen LogP contribution < -0.4 is 15.4 Å². The van der Waals surface area contributed by atoms with E-state index in [1.54, 1.807) is 18.3 Å². The van der Waals surface area contributed by atoms with Crippen LogP contribution in [0.25, 0.3) is 11.3 Å². The van der Waals surface area contributed by atoms with Crippen molar-refractivity contribution >= 4 is 29.0 Å². The molecule has 0 saturated heterocycles. The summed E-state index contributed by atoms with van der Waals surface area (Å²) in [6.45, 7) is 2.41. The average Bonchev–Trinajstić information content (AvgIpc) is 3.29. The number of aromatic amines is 1. The number of amides is 1. The van der Waals surface area contributed by atoms with Gasteiger partial charge < -0.3 is 20.5 Å². The first kappa shape index (κ1) is 23.4. The minimum Gasteiger partial charge on any atom is -0.420 e. The molecule has 0 bridgehead atoms. The number of aromatic nitrogens is 3. The summed E-state index contributed by atoms with van der Waals surface area (Å²) in [6, 6.07) is 8.74. The lowest BCUT2D eigenvalue weighted by Crippen LogP contribution is -2.16. The molecule has 11 heteroatoms. The second kappa shape index (κ2) is 10.4. The molecule has 0 aliphatic heterocycles. The van der Waals surface area contributed by atoms with E-state index in [0.29, 0.717) is 42.1 Å². The van der Waals surface area contributed by atoms with Crippen LogP contribution in [0.4, 0.5) is 20.3 Å². The minimum absolute atomic E-state index is 0.144. The maximum absolute atomic E-state index is 12.7. The molecule has 3 aromatic rings. The maximum Gasteiger partial charge on any atom is 0.487 e. The normalized spacial score (nSPS) is 12.3. The number of pyridine rings is 1. The fraction of sp³-hybridized carbons (Fsp3) is 0.286. The van der Waals surface area contributed by atoms with Crippen molar-refractivity contribution in [1.29, 1.82) is 0 Å². The van der Waals surface area contributed by atoms with Crippen molar-refractivity contribution in [3.8, 4) is 17.0 Å². The van der Waals surface area contributed by atoms with E-state index in [0.717, 1.165) is 0 Å². The molecule has 170 valence electrons. The van der Waals surface area contributed by atoms with Gasteiger partial charge in [-0.3, -0.25) is 9.89 Å². The minimum atomic E-state index is -3.82. The number of hydrogen-bond donors (Lipinski definition) is 4. The number of aliphatic hydroxyl groups excluding tert-OH is 1. The number of H-pyrrole nitrogens is 1. The first-order valence-corrected chi connectivity index (χ1v) is 10.2. The van der Waals surface area contributed by atoms with Gasteiger partial charge in [0.25, 0.3) is 5.91 Å². The van der Waals surface area contributed by atoms with Gasteiger partial charge in [0.1, 0.15) is 11.6 Å². The van der Waals surface area contributed by atoms with Gasteiger partial charge in [0, 0.05) is 41.8 Å². The number of benzene rings is 1. The zero-order chi connectivity index (χ0) is 23.1. The van der Waals surface area contributed by atoms with E-state index in [2.05, 4.69) is 30.6 Å². The van der Waals surface area contributed by atoms with Crippen LogP contribution in [0.3, 0.4) is 0 Å². The number of ether oxygens (including phenoxy) is 1. The summed E-state index contributed by atoms with van der Waals surface area (Å²) >= 11 is 4.74. The van der Waals surface area contributed by atoms with Crippen molar-refractivity contribution < 1.29 is 23.4 Å². The molecule has 0 aliphatic carbocycles. The van der Waals surface area contributed by atoms with Crippen molar-refractivity contribution in [2.75, 3.05) is 17.2 Å². The summed E-state index contributed by atoms with van der Waals surface area (Å²) in [5.74, 6) is -0.0463. The van der Waals surface area contributed by atoms with Gasteiger partial charge in [-0.05, 0) is 49.2 Å². The predicted octanol–water partition coefficient (Wildman–Crippen LogP) is 4.46. The van der Waals surface area contributed by atoms with Gasteiger partial charge in [-0.1, -0.05) is 6.92 Å². The summed E-state index contributed by atoms with van der Waals surface area (Å²) < 4.78 is 29.7. The summed E-state index contributed by atoms with van der Waals surface area (Å²) in [4.78, 5) is 17.1. The van der Waals surface area contributed by atoms with E-state index in [1.165, 1.54) is 30.5 Å². The highest BCUT2D eigenvalue weighted by atomic mass is 35.5. The molecule has 4 N–H and O–H groups in total. The van der Waals surface area contributed by atoms with Crippen molar-refractivity contribution in [2.24, 2.45) is 0 Å². The second-order valence-electron chi connectivity index (χ2n) is 6.89. The molecule has 0 saturated carbocycles. The number of aliphatic hydroxyl groups is 1. The fourth-order valence-electron chi connectivity index (χ4n) is 2.85. The summed E-state index contributed by atoms with van der Waals surface area (Å²) in [7, 11) is 0. The van der Waals surface area contributed by atoms with Crippen LogP contribution >= 0.6 is 11.6 Å². The molecular weight excluding hydrogens is 444 g/mol. The number of hydrogen-bond acceptors (Lipinski definition) is 6. The Balaban J connectivity index is 1.74. The maximum atomic E-state index is 12.7. The van der Waals surface area contributed by atoms with E-state index in [9.17, 15) is 18.7 Å². The van der Waals surface area contributed by atoms with E-state index in [-0.39, 0.29) is 11.3 Å². The molecule has 0 fully saturated rings. The largest absolute Gasteiger partial charge is 0.487 e. The molecule has 1 atom stereocenters. The number of nitrogens with one attached hydrogen (secondary N) is 3. The van der Waals surface area contributed by atoms with Crippen LogP contribution in [0, 0.1) is 0 Å². The fourth-order valence-corrected chi connectivity index (χ4v) is 2.93. The molecule has 1 aromatic carbocycles. The summed E-state index contributed by atoms with van der Waals surface area (Å²) in [5, 5.41) is 22.4. The molecule has 0 aliphatic rings. The third kappa shape index (κ3) is 6.63. The highest BCUT2D eigenvalue weighted by Gasteiger charge is 2.27. The molecule has 8 nitrogen and oxygen atoms in total. The predicted molar refractivity (Wildman–Crippen MR) is 117 cm³/mol. The Bertz CT molecular complexity index is 1030. The van der Waals surface area contributed by atoms with Crippen LogP contribution in [0.15, 0.2) is 48.8 Å². The van der Waals surface area contributed by atoms with Gasteiger partial charge in [-0.2, -0.15) is 5.10 Å². The SMILES string of the molecule is CCC(O)CCNc1ncc(C(=O)Nc2ccc(OC(F)(F)Cl)cc2)cc1-c1ccn[nH]1. The van der Waals surface area contributed by atoms with Crippen LogP contribution in [0.2, 0.25) is 0 Å². The van der Waals surface area contributed by atoms with Gasteiger partial charge in [-0.25, -0.2) is 4.98 Å². The molecular formula is C21H22ClF2N5O3. The average molecular weight is 466 g/mol. The Kier molecular flexibility index (Phi) is 7.60. The third-order valence-corrected chi connectivity index (χ3v) is 4.60. The lowest BCUT2D eigenvalue weighted by molar-refractivity contribution is -0.0964. The van der Waals surface area contributed by atoms with Gasteiger partial charge >= 0.3 is 5.57 Å². The topological polar surface area (TPSA) is 112 Å². The highest BCUT2D eigenvalue weighted by Crippen LogP contribution is 2.27. The second-order valence-corrected chi connectivity index (χ2v) is 7.33. The zero-order valence-electron chi connectivity index (χ0n) is 17.1. The molecule has 1 amide bonds. The molecule has 32 heavy (non-hydrogen) atoms. The molecule has 2 heterocycles. The lowest BCUT2D eigenvalue weighted by atomic mass is 10.1. The van der Waals surface area contributed by atoms with Crippen molar-refractivity contribution in [1.82, 2.24) is 15.2 Å². The van der Waals surface area contributed by atoms with E-state index < -0.39 is 17.6 Å². The van der Waals surface area contributed by atoms with E-state index >= 15 is 0 Å². The zero-order valence-corrected chi connectivity index (χ0v) is 17.9. The smallest absolute Gasteiger partial charge is 0.420 e. The van der Waals surface area contributed by atoms with Crippen molar-refractivity contribution in [3.05, 3.63) is 54.4 Å². The molecule has 0 radical (unpaired) electrons. The Hall–Kier alpha value is -3.24. The van der Waals surface area contributed by atoms with Crippen LogP contribution in [-0.4, -0.2) is 44.4 Å². The molecule has 2 aromatic heterocycles. The van der Waals surface area contributed by atoms with Crippen LogP contribution in [0.1, 0.15) is 30.1 Å². The number of halogens is 3. The van der Waals surface area contributed by atoms with E-state index in [4.69, 9.17) is 11.6 Å². The Morgan fingerprint density at radius 1 is 1.31 bits per heavy atom. The number of nitrogens with zero attached hydrogens (tertiary/aromatic N) is 2. The Labute approximate surface area is 188 Å². The number of carbonyl (C=O) groups is 1. The lowest BCUT2D eigenvalue weighted by Gasteiger charge is -2.14. The third-order valence-electron chi connectivity index (χ3n) is 4.53.